The quantitative estimate of drug-likeness (QED) is 0.331. The van der Waals surface area contributed by atoms with E-state index in [1.807, 2.05) is 44.2 Å². The highest BCUT2D eigenvalue weighted by atomic mass is 16.5. The second kappa shape index (κ2) is 10.9. The largest absolute Gasteiger partial charge is 0.496 e. The molecule has 1 aromatic heterocycles. The minimum Gasteiger partial charge on any atom is -0.496 e. The lowest BCUT2D eigenvalue weighted by Crippen LogP contribution is -2.26. The van der Waals surface area contributed by atoms with E-state index in [2.05, 4.69) is 37.8 Å². The van der Waals surface area contributed by atoms with Crippen LogP contribution in [-0.2, 0) is 4.79 Å². The number of anilines is 1. The Morgan fingerprint density at radius 3 is 2.56 bits per heavy atom. The molecule has 1 aliphatic rings. The van der Waals surface area contributed by atoms with Gasteiger partial charge in [-0.3, -0.25) is 4.79 Å². The highest BCUT2D eigenvalue weighted by Gasteiger charge is 2.32. The molecule has 1 aliphatic heterocycles. The third-order valence-electron chi connectivity index (χ3n) is 6.56. The monoisotopic (exact) mass is 485 g/mol. The molecule has 0 saturated heterocycles. The molecule has 0 unspecified atom stereocenters. The summed E-state index contributed by atoms with van der Waals surface area (Å²) in [6, 6.07) is 14.1. The standard InChI is InChI=1S/C29H35N5O2/c1-7-10-17-33(9-3)21-15-16-23(19(4)18-21)30-29-27(24(35)8-2)31-28-26(20(5)32-34(28)29)22-13-11-12-14-25(22)36-6/h11-16,18H,7-10,17H2,1-6H3/b30-29-. The van der Waals surface area contributed by atoms with Crippen LogP contribution in [0.25, 0.3) is 11.1 Å². The molecule has 0 spiro atoms. The summed E-state index contributed by atoms with van der Waals surface area (Å²) in [6.07, 6.45) is 2.66. The number of rotatable bonds is 10. The maximum absolute atomic E-state index is 12.9. The Morgan fingerprint density at radius 1 is 1.11 bits per heavy atom. The Hall–Kier alpha value is -3.74. The van der Waals surface area contributed by atoms with E-state index in [4.69, 9.17) is 19.8 Å². The molecule has 0 aliphatic carbocycles. The van der Waals surface area contributed by atoms with E-state index in [1.165, 1.54) is 5.69 Å². The lowest BCUT2D eigenvalue weighted by atomic mass is 10.0. The molecule has 7 nitrogen and oxygen atoms in total. The van der Waals surface area contributed by atoms with E-state index in [-0.39, 0.29) is 5.78 Å². The van der Waals surface area contributed by atoms with Crippen LogP contribution in [0.2, 0.25) is 0 Å². The van der Waals surface area contributed by atoms with Crippen molar-refractivity contribution in [2.45, 2.75) is 53.9 Å². The molecular weight excluding hydrogens is 450 g/mol. The summed E-state index contributed by atoms with van der Waals surface area (Å²) in [5.74, 6) is 1.75. The number of ether oxygens (including phenoxy) is 1. The number of methoxy groups -OCH3 is 1. The molecule has 2 heterocycles. The van der Waals surface area contributed by atoms with Gasteiger partial charge in [-0.1, -0.05) is 38.5 Å². The third kappa shape index (κ3) is 4.70. The number of fused-ring (bicyclic) bond motifs is 1. The zero-order valence-electron chi connectivity index (χ0n) is 22.1. The Kier molecular flexibility index (Phi) is 7.67. The first-order valence-corrected chi connectivity index (χ1v) is 12.7. The van der Waals surface area contributed by atoms with Gasteiger partial charge < -0.3 is 9.64 Å². The number of Topliss-reactive ketones (excluding diaryl/α,β-unsaturated/α-hetero) is 1. The van der Waals surface area contributed by atoms with Crippen LogP contribution in [0.1, 0.15) is 51.3 Å². The van der Waals surface area contributed by atoms with E-state index in [1.54, 1.807) is 11.8 Å². The number of para-hydroxylation sites is 1. The molecule has 0 amide bonds. The van der Waals surface area contributed by atoms with Gasteiger partial charge in [0, 0.05) is 30.8 Å². The van der Waals surface area contributed by atoms with Gasteiger partial charge in [-0.05, 0) is 57.0 Å². The predicted octanol–water partition coefficient (Wildman–Crippen LogP) is 6.45. The van der Waals surface area contributed by atoms with Crippen LogP contribution in [0.4, 0.5) is 17.2 Å². The molecular formula is C29H35N5O2. The van der Waals surface area contributed by atoms with Gasteiger partial charge in [0.2, 0.25) is 0 Å². The van der Waals surface area contributed by atoms with Gasteiger partial charge in [-0.15, -0.1) is 0 Å². The number of carbonyl (C=O) groups is 1. The summed E-state index contributed by atoms with van der Waals surface area (Å²) < 4.78 is 7.30. The topological polar surface area (TPSA) is 72.1 Å². The maximum Gasteiger partial charge on any atom is 0.186 e. The molecule has 2 aromatic carbocycles. The van der Waals surface area contributed by atoms with Crippen LogP contribution in [0, 0.1) is 13.8 Å². The van der Waals surface area contributed by atoms with Crippen LogP contribution in [-0.4, -0.2) is 47.3 Å². The Bertz CT molecular complexity index is 1340. The summed E-state index contributed by atoms with van der Waals surface area (Å²) in [4.78, 5) is 25.0. The first-order chi connectivity index (χ1) is 17.4. The van der Waals surface area contributed by atoms with E-state index in [0.29, 0.717) is 23.8 Å². The van der Waals surface area contributed by atoms with Gasteiger partial charge in [0.15, 0.2) is 23.1 Å². The highest BCUT2D eigenvalue weighted by molar-refractivity contribution is 6.69. The molecule has 0 saturated carbocycles. The van der Waals surface area contributed by atoms with Crippen LogP contribution in [0.15, 0.2) is 52.4 Å². The molecule has 0 radical (unpaired) electrons. The fourth-order valence-electron chi connectivity index (χ4n) is 4.54. The normalized spacial score (nSPS) is 13.6. The van der Waals surface area contributed by atoms with Gasteiger partial charge in [-0.2, -0.15) is 9.78 Å². The highest BCUT2D eigenvalue weighted by Crippen LogP contribution is 2.41. The molecule has 0 bridgehead atoms. The SMILES string of the molecule is CCCCN(CC)c1ccc(/N=C2/C(C(=O)CC)=Nc3c(-c4ccccc4OC)c(C)nn32)c(C)c1. The molecule has 0 N–H and O–H groups in total. The summed E-state index contributed by atoms with van der Waals surface area (Å²) in [6.45, 7) is 12.2. The fraction of sp³-hybridized carbons (Fsp3) is 0.379. The minimum absolute atomic E-state index is 0.0612. The maximum atomic E-state index is 12.9. The van der Waals surface area contributed by atoms with Crippen LogP contribution >= 0.6 is 0 Å². The van der Waals surface area contributed by atoms with E-state index < -0.39 is 0 Å². The number of carbonyl (C=O) groups excluding carboxylic acids is 1. The fourth-order valence-corrected chi connectivity index (χ4v) is 4.54. The number of nitrogens with zero attached hydrogens (tertiary/aromatic N) is 5. The van der Waals surface area contributed by atoms with Gasteiger partial charge >= 0.3 is 0 Å². The number of unbranched alkanes of at least 4 members (excludes halogenated alkanes) is 1. The predicted molar refractivity (Wildman–Crippen MR) is 148 cm³/mol. The van der Waals surface area contributed by atoms with Crippen molar-refractivity contribution in [2.75, 3.05) is 25.1 Å². The molecule has 0 fully saturated rings. The Morgan fingerprint density at radius 2 is 1.89 bits per heavy atom. The van der Waals surface area contributed by atoms with Crippen LogP contribution < -0.4 is 9.64 Å². The lowest BCUT2D eigenvalue weighted by molar-refractivity contribution is -0.112. The van der Waals surface area contributed by atoms with E-state index in [9.17, 15) is 4.79 Å². The number of ketones is 1. The smallest absolute Gasteiger partial charge is 0.186 e. The number of aromatic nitrogens is 2. The number of benzene rings is 2. The van der Waals surface area contributed by atoms with E-state index in [0.717, 1.165) is 59.8 Å². The Balaban J connectivity index is 1.81. The average molecular weight is 486 g/mol. The van der Waals surface area contributed by atoms with Gasteiger partial charge in [0.25, 0.3) is 0 Å². The summed E-state index contributed by atoms with van der Waals surface area (Å²) >= 11 is 0. The molecule has 4 rings (SSSR count). The first-order valence-electron chi connectivity index (χ1n) is 12.7. The van der Waals surface area contributed by atoms with Crippen molar-refractivity contribution in [3.8, 4) is 16.9 Å². The molecule has 36 heavy (non-hydrogen) atoms. The summed E-state index contributed by atoms with van der Waals surface area (Å²) in [5.41, 5.74) is 5.91. The Labute approximate surface area is 213 Å². The van der Waals surface area contributed by atoms with Crippen molar-refractivity contribution in [1.29, 1.82) is 0 Å². The second-order valence-electron chi connectivity index (χ2n) is 8.97. The lowest BCUT2D eigenvalue weighted by Gasteiger charge is -2.23. The van der Waals surface area contributed by atoms with E-state index >= 15 is 0 Å². The van der Waals surface area contributed by atoms with Crippen molar-refractivity contribution < 1.29 is 9.53 Å². The second-order valence-corrected chi connectivity index (χ2v) is 8.97. The van der Waals surface area contributed by atoms with Crippen molar-refractivity contribution in [1.82, 2.24) is 9.78 Å². The number of aryl methyl sites for hydroxylation is 2. The van der Waals surface area contributed by atoms with Gasteiger partial charge in [-0.25, -0.2) is 9.98 Å². The molecule has 0 atom stereocenters. The number of hydrogen-bond acceptors (Lipinski definition) is 6. The zero-order chi connectivity index (χ0) is 25.8. The zero-order valence-corrected chi connectivity index (χ0v) is 22.1. The molecule has 188 valence electrons. The first kappa shape index (κ1) is 25.4. The number of hydrogen-bond donors (Lipinski definition) is 0. The summed E-state index contributed by atoms with van der Waals surface area (Å²) in [5, 5.41) is 4.77. The average Bonchev–Trinajstić information content (AvgIpc) is 3.39. The summed E-state index contributed by atoms with van der Waals surface area (Å²) in [7, 11) is 1.65. The van der Waals surface area contributed by atoms with Crippen molar-refractivity contribution in [3.05, 3.63) is 53.7 Å². The van der Waals surface area contributed by atoms with Gasteiger partial charge in [0.05, 0.1) is 24.1 Å². The number of aliphatic imine (C=N–C) groups is 2. The van der Waals surface area contributed by atoms with Crippen molar-refractivity contribution >= 4 is 34.5 Å². The van der Waals surface area contributed by atoms with Crippen molar-refractivity contribution in [3.63, 3.8) is 0 Å². The molecule has 7 heteroatoms. The van der Waals surface area contributed by atoms with Crippen LogP contribution in [0.3, 0.4) is 0 Å². The third-order valence-corrected chi connectivity index (χ3v) is 6.56. The van der Waals surface area contributed by atoms with Crippen LogP contribution in [0.5, 0.6) is 5.75 Å². The van der Waals surface area contributed by atoms with Crippen molar-refractivity contribution in [2.24, 2.45) is 9.98 Å². The molecule has 3 aromatic rings. The minimum atomic E-state index is -0.0612. The van der Waals surface area contributed by atoms with Gasteiger partial charge in [0.1, 0.15) is 5.75 Å².